The third-order valence-electron chi connectivity index (χ3n) is 4.16. The van der Waals surface area contributed by atoms with Gasteiger partial charge in [0.1, 0.15) is 5.84 Å². The molecule has 1 aromatic rings. The van der Waals surface area contributed by atoms with Crippen LogP contribution in [0.2, 0.25) is 0 Å². The van der Waals surface area contributed by atoms with Crippen LogP contribution in [0.4, 0.5) is 5.69 Å². The van der Waals surface area contributed by atoms with Crippen LogP contribution in [-0.4, -0.2) is 31.2 Å². The highest BCUT2D eigenvalue weighted by Gasteiger charge is 2.52. The van der Waals surface area contributed by atoms with Crippen molar-refractivity contribution in [3.05, 3.63) is 23.8 Å². The molecule has 1 aliphatic rings. The summed E-state index contributed by atoms with van der Waals surface area (Å²) in [5.74, 6) is 0.404. The fourth-order valence-electron chi connectivity index (χ4n) is 2.10. The van der Waals surface area contributed by atoms with E-state index in [0.717, 1.165) is 5.46 Å². The molecule has 5 nitrogen and oxygen atoms in total. The molecule has 0 saturated carbocycles. The van der Waals surface area contributed by atoms with Gasteiger partial charge in [0.2, 0.25) is 0 Å². The molecule has 0 radical (unpaired) electrons. The van der Waals surface area contributed by atoms with Crippen LogP contribution in [0.3, 0.4) is 0 Å². The molecule has 1 saturated heterocycles. The lowest BCUT2D eigenvalue weighted by Crippen LogP contribution is -2.41. The van der Waals surface area contributed by atoms with Crippen LogP contribution in [0, 0.1) is 0 Å². The zero-order valence-electron chi connectivity index (χ0n) is 12.7. The SMILES string of the molecule is CN=C(N)c1cccc(B2OC(C)(C)C(C)(C)O2)c1N. The molecule has 0 bridgehead atoms. The smallest absolute Gasteiger partial charge is 0.399 e. The molecule has 20 heavy (non-hydrogen) atoms. The Bertz CT molecular complexity index is 539. The van der Waals surface area contributed by atoms with Gasteiger partial charge in [0.15, 0.2) is 0 Å². The van der Waals surface area contributed by atoms with E-state index in [-0.39, 0.29) is 0 Å². The maximum absolute atomic E-state index is 6.20. The molecule has 0 amide bonds. The van der Waals surface area contributed by atoms with Crippen LogP contribution < -0.4 is 16.9 Å². The van der Waals surface area contributed by atoms with E-state index in [1.54, 1.807) is 7.05 Å². The van der Waals surface area contributed by atoms with Gasteiger partial charge in [-0.05, 0) is 33.8 Å². The van der Waals surface area contributed by atoms with E-state index in [2.05, 4.69) is 4.99 Å². The Hall–Kier alpha value is -1.53. The minimum atomic E-state index is -0.496. The van der Waals surface area contributed by atoms with Crippen molar-refractivity contribution in [3.63, 3.8) is 0 Å². The number of nitrogen functional groups attached to an aromatic ring is 1. The first-order chi connectivity index (χ1) is 9.19. The van der Waals surface area contributed by atoms with Crippen LogP contribution in [0.1, 0.15) is 33.3 Å². The lowest BCUT2D eigenvalue weighted by Gasteiger charge is -2.32. The predicted octanol–water partition coefficient (Wildman–Crippen LogP) is 0.903. The Morgan fingerprint density at radius 3 is 2.20 bits per heavy atom. The van der Waals surface area contributed by atoms with Gasteiger partial charge in [-0.2, -0.15) is 0 Å². The van der Waals surface area contributed by atoms with Crippen molar-refractivity contribution >= 4 is 24.1 Å². The Balaban J connectivity index is 2.41. The summed E-state index contributed by atoms with van der Waals surface area (Å²) in [6.07, 6.45) is 0. The number of nitrogens with two attached hydrogens (primary N) is 2. The Kier molecular flexibility index (Phi) is 3.56. The number of rotatable bonds is 2. The predicted molar refractivity (Wildman–Crippen MR) is 83.2 cm³/mol. The van der Waals surface area contributed by atoms with E-state index in [9.17, 15) is 0 Å². The third kappa shape index (κ3) is 2.29. The number of anilines is 1. The molecular formula is C14H22BN3O2. The Morgan fingerprint density at radius 1 is 1.15 bits per heavy atom. The monoisotopic (exact) mass is 275 g/mol. The highest BCUT2D eigenvalue weighted by molar-refractivity contribution is 6.64. The highest BCUT2D eigenvalue weighted by Crippen LogP contribution is 2.36. The quantitative estimate of drug-likeness (QED) is 0.363. The third-order valence-corrected chi connectivity index (χ3v) is 4.16. The Morgan fingerprint density at radius 2 is 1.70 bits per heavy atom. The molecular weight excluding hydrogens is 253 g/mol. The second-order valence-electron chi connectivity index (χ2n) is 6.01. The zero-order valence-corrected chi connectivity index (χ0v) is 12.7. The molecule has 108 valence electrons. The average molecular weight is 275 g/mol. The van der Waals surface area contributed by atoms with Crippen LogP contribution in [0.25, 0.3) is 0 Å². The molecule has 0 spiro atoms. The normalized spacial score (nSPS) is 21.2. The average Bonchev–Trinajstić information content (AvgIpc) is 2.57. The van der Waals surface area contributed by atoms with Crippen molar-refractivity contribution in [2.75, 3.05) is 12.8 Å². The maximum atomic E-state index is 6.20. The van der Waals surface area contributed by atoms with E-state index in [1.165, 1.54) is 0 Å². The first-order valence-electron chi connectivity index (χ1n) is 6.66. The number of aliphatic imine (C=N–C) groups is 1. The van der Waals surface area contributed by atoms with Gasteiger partial charge in [-0.3, -0.25) is 4.99 Å². The largest absolute Gasteiger partial charge is 0.496 e. The molecule has 1 heterocycles. The summed E-state index contributed by atoms with van der Waals surface area (Å²) in [6, 6.07) is 5.61. The summed E-state index contributed by atoms with van der Waals surface area (Å²) in [4.78, 5) is 3.98. The first-order valence-corrected chi connectivity index (χ1v) is 6.66. The van der Waals surface area contributed by atoms with Gasteiger partial charge < -0.3 is 20.8 Å². The zero-order chi connectivity index (χ0) is 15.1. The van der Waals surface area contributed by atoms with Crippen molar-refractivity contribution in [1.29, 1.82) is 0 Å². The van der Waals surface area contributed by atoms with Crippen LogP contribution in [-0.2, 0) is 9.31 Å². The fourth-order valence-corrected chi connectivity index (χ4v) is 2.10. The van der Waals surface area contributed by atoms with Crippen molar-refractivity contribution in [1.82, 2.24) is 0 Å². The van der Waals surface area contributed by atoms with Gasteiger partial charge in [-0.1, -0.05) is 12.1 Å². The van der Waals surface area contributed by atoms with Crippen LogP contribution in [0.15, 0.2) is 23.2 Å². The summed E-state index contributed by atoms with van der Waals surface area (Å²) in [5.41, 5.74) is 13.3. The summed E-state index contributed by atoms with van der Waals surface area (Å²) >= 11 is 0. The van der Waals surface area contributed by atoms with Crippen LogP contribution in [0.5, 0.6) is 0 Å². The van der Waals surface area contributed by atoms with Gasteiger partial charge in [0, 0.05) is 23.8 Å². The lowest BCUT2D eigenvalue weighted by atomic mass is 9.77. The molecule has 0 unspecified atom stereocenters. The van der Waals surface area contributed by atoms with Gasteiger partial charge >= 0.3 is 7.12 Å². The minimum absolute atomic E-state index is 0.398. The molecule has 1 aromatic carbocycles. The van der Waals surface area contributed by atoms with E-state index < -0.39 is 18.3 Å². The van der Waals surface area contributed by atoms with E-state index in [1.807, 2.05) is 45.9 Å². The van der Waals surface area contributed by atoms with Crippen molar-refractivity contribution in [2.24, 2.45) is 10.7 Å². The summed E-state index contributed by atoms with van der Waals surface area (Å²) in [6.45, 7) is 8.04. The topological polar surface area (TPSA) is 82.9 Å². The molecule has 6 heteroatoms. The molecule has 0 aromatic heterocycles. The van der Waals surface area contributed by atoms with E-state index >= 15 is 0 Å². The maximum Gasteiger partial charge on any atom is 0.496 e. The second-order valence-corrected chi connectivity index (χ2v) is 6.01. The van der Waals surface area contributed by atoms with Gasteiger partial charge in [0.25, 0.3) is 0 Å². The molecule has 0 aliphatic carbocycles. The number of hydrogen-bond donors (Lipinski definition) is 2. The Labute approximate surface area is 120 Å². The van der Waals surface area contributed by atoms with Gasteiger partial charge in [-0.25, -0.2) is 0 Å². The van der Waals surface area contributed by atoms with Crippen molar-refractivity contribution < 1.29 is 9.31 Å². The van der Waals surface area contributed by atoms with Crippen molar-refractivity contribution in [2.45, 2.75) is 38.9 Å². The molecule has 4 N–H and O–H groups in total. The lowest BCUT2D eigenvalue weighted by molar-refractivity contribution is 0.00578. The first kappa shape index (κ1) is 14.9. The number of nitrogens with zero attached hydrogens (tertiary/aromatic N) is 1. The molecule has 1 aliphatic heterocycles. The van der Waals surface area contributed by atoms with E-state index in [4.69, 9.17) is 20.8 Å². The summed E-state index contributed by atoms with van der Waals surface area (Å²) < 4.78 is 12.0. The molecule has 2 rings (SSSR count). The number of para-hydroxylation sites is 1. The number of amidine groups is 1. The van der Waals surface area contributed by atoms with Gasteiger partial charge in [0.05, 0.1) is 11.2 Å². The van der Waals surface area contributed by atoms with Gasteiger partial charge in [-0.15, -0.1) is 0 Å². The fraction of sp³-hybridized carbons (Fsp3) is 0.500. The summed E-state index contributed by atoms with van der Waals surface area (Å²) in [5, 5.41) is 0. The minimum Gasteiger partial charge on any atom is -0.399 e. The summed E-state index contributed by atoms with van der Waals surface area (Å²) in [7, 11) is 1.14. The van der Waals surface area contributed by atoms with Crippen LogP contribution >= 0.6 is 0 Å². The highest BCUT2D eigenvalue weighted by atomic mass is 16.7. The number of benzene rings is 1. The standard InChI is InChI=1S/C14H22BN3O2/c1-13(2)14(3,4)20-15(19-13)10-8-6-7-9(11(10)16)12(17)18-5/h6-8H,16H2,1-5H3,(H2,17,18). The molecule has 1 fully saturated rings. The van der Waals surface area contributed by atoms with E-state index in [0.29, 0.717) is 17.1 Å². The number of hydrogen-bond acceptors (Lipinski definition) is 4. The van der Waals surface area contributed by atoms with Crippen molar-refractivity contribution in [3.8, 4) is 0 Å². The molecule has 0 atom stereocenters. The second kappa shape index (κ2) is 4.79.